The first-order valence-corrected chi connectivity index (χ1v) is 7.08. The quantitative estimate of drug-likeness (QED) is 0.788. The standard InChI is InChI=1S/C15H14BrN3O2/c1-20-11-3-4-14-13(8-11)18-15(17)19(14)10-5-9(16)6-12(7-10)21-2/h3-8H,1-2H3,(H2,17,18). The summed E-state index contributed by atoms with van der Waals surface area (Å²) in [7, 11) is 3.26. The Morgan fingerprint density at radius 2 is 1.81 bits per heavy atom. The molecule has 6 heteroatoms. The molecule has 0 spiro atoms. The van der Waals surface area contributed by atoms with Gasteiger partial charge in [-0.1, -0.05) is 15.9 Å². The van der Waals surface area contributed by atoms with E-state index >= 15 is 0 Å². The number of nitrogens with zero attached hydrogens (tertiary/aromatic N) is 2. The number of nitrogen functional groups attached to an aromatic ring is 1. The molecule has 0 atom stereocenters. The molecule has 1 heterocycles. The zero-order valence-corrected chi connectivity index (χ0v) is 13.2. The first-order chi connectivity index (χ1) is 10.1. The number of methoxy groups -OCH3 is 2. The Bertz CT molecular complexity index is 814. The van der Waals surface area contributed by atoms with Gasteiger partial charge >= 0.3 is 0 Å². The Hall–Kier alpha value is -2.21. The van der Waals surface area contributed by atoms with Crippen LogP contribution in [0.3, 0.4) is 0 Å². The third-order valence-corrected chi connectivity index (χ3v) is 3.70. The molecule has 0 aliphatic carbocycles. The highest BCUT2D eigenvalue weighted by Gasteiger charge is 2.12. The van der Waals surface area contributed by atoms with Crippen LogP contribution in [0.1, 0.15) is 0 Å². The Morgan fingerprint density at radius 3 is 2.52 bits per heavy atom. The van der Waals surface area contributed by atoms with Gasteiger partial charge in [0.25, 0.3) is 0 Å². The van der Waals surface area contributed by atoms with E-state index in [0.717, 1.165) is 32.7 Å². The van der Waals surface area contributed by atoms with Crippen LogP contribution in [0.25, 0.3) is 16.7 Å². The largest absolute Gasteiger partial charge is 0.497 e. The molecule has 2 aromatic carbocycles. The molecule has 0 aliphatic heterocycles. The average molecular weight is 348 g/mol. The number of aromatic nitrogens is 2. The summed E-state index contributed by atoms with van der Waals surface area (Å²) in [5.41, 5.74) is 8.65. The summed E-state index contributed by atoms with van der Waals surface area (Å²) in [4.78, 5) is 4.39. The van der Waals surface area contributed by atoms with E-state index in [9.17, 15) is 0 Å². The van der Waals surface area contributed by atoms with Crippen molar-refractivity contribution in [3.63, 3.8) is 0 Å². The highest BCUT2D eigenvalue weighted by Crippen LogP contribution is 2.30. The van der Waals surface area contributed by atoms with Gasteiger partial charge in [-0.25, -0.2) is 4.98 Å². The second-order valence-electron chi connectivity index (χ2n) is 4.51. The zero-order valence-electron chi connectivity index (χ0n) is 11.6. The lowest BCUT2D eigenvalue weighted by Crippen LogP contribution is -2.01. The Labute approximate surface area is 130 Å². The number of hydrogen-bond donors (Lipinski definition) is 1. The highest BCUT2D eigenvalue weighted by atomic mass is 79.9. The molecular formula is C15H14BrN3O2. The van der Waals surface area contributed by atoms with E-state index in [0.29, 0.717) is 5.95 Å². The minimum absolute atomic E-state index is 0.415. The lowest BCUT2D eigenvalue weighted by molar-refractivity contribution is 0.414. The van der Waals surface area contributed by atoms with Crippen molar-refractivity contribution in [1.29, 1.82) is 0 Å². The molecule has 0 fully saturated rings. The van der Waals surface area contributed by atoms with Crippen LogP contribution < -0.4 is 15.2 Å². The van der Waals surface area contributed by atoms with Crippen molar-refractivity contribution in [2.45, 2.75) is 0 Å². The molecule has 0 bridgehead atoms. The molecule has 3 rings (SSSR count). The molecule has 5 nitrogen and oxygen atoms in total. The van der Waals surface area contributed by atoms with Crippen LogP contribution in [0, 0.1) is 0 Å². The second kappa shape index (κ2) is 5.29. The summed E-state index contributed by atoms with van der Waals surface area (Å²) in [6.45, 7) is 0. The zero-order chi connectivity index (χ0) is 15.0. The summed E-state index contributed by atoms with van der Waals surface area (Å²) in [6.07, 6.45) is 0. The van der Waals surface area contributed by atoms with Crippen molar-refractivity contribution in [2.24, 2.45) is 0 Å². The predicted molar refractivity (Wildman–Crippen MR) is 86.3 cm³/mol. The predicted octanol–water partition coefficient (Wildman–Crippen LogP) is 3.39. The maximum Gasteiger partial charge on any atom is 0.205 e. The molecule has 0 saturated carbocycles. The number of anilines is 1. The van der Waals surface area contributed by atoms with Gasteiger partial charge in [0.05, 0.1) is 30.9 Å². The van der Waals surface area contributed by atoms with Gasteiger partial charge in [-0.15, -0.1) is 0 Å². The topological polar surface area (TPSA) is 62.3 Å². The van der Waals surface area contributed by atoms with Crippen molar-refractivity contribution in [3.05, 3.63) is 40.9 Å². The molecule has 0 unspecified atom stereocenters. The molecule has 108 valence electrons. The number of hydrogen-bond acceptors (Lipinski definition) is 4. The Kier molecular flexibility index (Phi) is 3.47. The fourth-order valence-electron chi connectivity index (χ4n) is 2.27. The van der Waals surface area contributed by atoms with Gasteiger partial charge in [0.2, 0.25) is 5.95 Å². The van der Waals surface area contributed by atoms with Gasteiger partial charge in [-0.3, -0.25) is 4.57 Å². The lowest BCUT2D eigenvalue weighted by Gasteiger charge is -2.09. The third-order valence-electron chi connectivity index (χ3n) is 3.24. The van der Waals surface area contributed by atoms with E-state index in [4.69, 9.17) is 15.2 Å². The number of halogens is 1. The van der Waals surface area contributed by atoms with E-state index in [-0.39, 0.29) is 0 Å². The minimum atomic E-state index is 0.415. The molecule has 0 radical (unpaired) electrons. The molecule has 0 amide bonds. The van der Waals surface area contributed by atoms with Gasteiger partial charge in [0.1, 0.15) is 11.5 Å². The van der Waals surface area contributed by atoms with Gasteiger partial charge in [0.15, 0.2) is 0 Å². The number of benzene rings is 2. The molecule has 0 aliphatic rings. The van der Waals surface area contributed by atoms with Crippen molar-refractivity contribution >= 4 is 32.9 Å². The maximum atomic E-state index is 6.07. The van der Waals surface area contributed by atoms with Gasteiger partial charge in [0, 0.05) is 16.6 Å². The number of fused-ring (bicyclic) bond motifs is 1. The summed E-state index contributed by atoms with van der Waals surface area (Å²) >= 11 is 3.48. The summed E-state index contributed by atoms with van der Waals surface area (Å²) in [6, 6.07) is 11.4. The highest BCUT2D eigenvalue weighted by molar-refractivity contribution is 9.10. The van der Waals surface area contributed by atoms with Gasteiger partial charge in [-0.05, 0) is 24.3 Å². The van der Waals surface area contributed by atoms with Crippen molar-refractivity contribution < 1.29 is 9.47 Å². The van der Waals surface area contributed by atoms with Gasteiger partial charge in [-0.2, -0.15) is 0 Å². The Balaban J connectivity index is 2.24. The Morgan fingerprint density at radius 1 is 1.05 bits per heavy atom. The van der Waals surface area contributed by atoms with E-state index in [2.05, 4.69) is 20.9 Å². The van der Waals surface area contributed by atoms with Crippen LogP contribution in [0.4, 0.5) is 5.95 Å². The second-order valence-corrected chi connectivity index (χ2v) is 5.42. The van der Waals surface area contributed by atoms with E-state index < -0.39 is 0 Å². The lowest BCUT2D eigenvalue weighted by atomic mass is 10.2. The van der Waals surface area contributed by atoms with E-state index in [1.807, 2.05) is 41.0 Å². The fourth-order valence-corrected chi connectivity index (χ4v) is 2.73. The number of ether oxygens (including phenoxy) is 2. The maximum absolute atomic E-state index is 6.07. The van der Waals surface area contributed by atoms with Crippen molar-refractivity contribution in [3.8, 4) is 17.2 Å². The van der Waals surface area contributed by atoms with E-state index in [1.54, 1.807) is 14.2 Å². The fraction of sp³-hybridized carbons (Fsp3) is 0.133. The normalized spacial score (nSPS) is 10.8. The van der Waals surface area contributed by atoms with Crippen LogP contribution in [0.5, 0.6) is 11.5 Å². The summed E-state index contributed by atoms with van der Waals surface area (Å²) in [5.74, 6) is 1.91. The van der Waals surface area contributed by atoms with Crippen LogP contribution in [0.2, 0.25) is 0 Å². The van der Waals surface area contributed by atoms with Crippen LogP contribution in [0.15, 0.2) is 40.9 Å². The summed E-state index contributed by atoms with van der Waals surface area (Å²) < 4.78 is 13.3. The van der Waals surface area contributed by atoms with Crippen molar-refractivity contribution in [1.82, 2.24) is 9.55 Å². The molecular weight excluding hydrogens is 334 g/mol. The van der Waals surface area contributed by atoms with E-state index in [1.165, 1.54) is 0 Å². The first-order valence-electron chi connectivity index (χ1n) is 6.29. The minimum Gasteiger partial charge on any atom is -0.497 e. The summed E-state index contributed by atoms with van der Waals surface area (Å²) in [5, 5.41) is 0. The first kappa shape index (κ1) is 13.8. The molecule has 1 aromatic heterocycles. The average Bonchev–Trinajstić information content (AvgIpc) is 2.81. The molecule has 0 saturated heterocycles. The monoisotopic (exact) mass is 347 g/mol. The smallest absolute Gasteiger partial charge is 0.205 e. The molecule has 3 aromatic rings. The number of nitrogens with two attached hydrogens (primary N) is 1. The molecule has 21 heavy (non-hydrogen) atoms. The van der Waals surface area contributed by atoms with Crippen LogP contribution in [-0.2, 0) is 0 Å². The van der Waals surface area contributed by atoms with Crippen LogP contribution >= 0.6 is 15.9 Å². The van der Waals surface area contributed by atoms with Crippen LogP contribution in [-0.4, -0.2) is 23.8 Å². The molecule has 2 N–H and O–H groups in total. The third kappa shape index (κ3) is 2.42. The van der Waals surface area contributed by atoms with Gasteiger partial charge < -0.3 is 15.2 Å². The van der Waals surface area contributed by atoms with Crippen molar-refractivity contribution in [2.75, 3.05) is 20.0 Å². The number of rotatable bonds is 3. The SMILES string of the molecule is COc1cc(Br)cc(-n2c(N)nc3cc(OC)ccc32)c1. The number of imidazole rings is 1.